The molecule has 0 fully saturated rings. The SMILES string of the molecule is C=C/C=C(\C=C/C)CC[C@H]1NC[C@H](Cc2ccc(Cl)cc2Cl)NC(=O)[C@@H](CCc2ccccc2)NC(=O)COc2ccc(cc2)C[C@@H](C(=O)O)NC1=O. The van der Waals surface area contributed by atoms with E-state index < -0.39 is 47.9 Å². The molecule has 0 saturated carbocycles. The molecule has 12 heteroatoms. The van der Waals surface area contributed by atoms with Gasteiger partial charge in [0, 0.05) is 29.1 Å². The van der Waals surface area contributed by atoms with E-state index in [9.17, 15) is 24.3 Å². The Morgan fingerprint density at radius 1 is 0.943 bits per heavy atom. The van der Waals surface area contributed by atoms with Crippen LogP contribution in [-0.2, 0) is 38.4 Å². The number of aryl methyl sites for hydroxylation is 1. The van der Waals surface area contributed by atoms with Crippen molar-refractivity contribution < 1.29 is 29.0 Å². The summed E-state index contributed by atoms with van der Waals surface area (Å²) < 4.78 is 5.71. The van der Waals surface area contributed by atoms with Crippen LogP contribution in [0.4, 0.5) is 0 Å². The van der Waals surface area contributed by atoms with Gasteiger partial charge in [-0.2, -0.15) is 0 Å². The lowest BCUT2D eigenvalue weighted by atomic mass is 10.0. The maximum Gasteiger partial charge on any atom is 0.326 e. The van der Waals surface area contributed by atoms with Crippen LogP contribution in [0.5, 0.6) is 5.75 Å². The largest absolute Gasteiger partial charge is 0.484 e. The number of carbonyl (C=O) groups is 4. The molecule has 0 aliphatic carbocycles. The van der Waals surface area contributed by atoms with E-state index in [1.54, 1.807) is 48.5 Å². The fourth-order valence-electron chi connectivity index (χ4n) is 5.98. The van der Waals surface area contributed by atoms with E-state index in [1.807, 2.05) is 55.5 Å². The first-order valence-electron chi connectivity index (χ1n) is 17.5. The van der Waals surface area contributed by atoms with Gasteiger partial charge < -0.3 is 31.1 Å². The highest BCUT2D eigenvalue weighted by Crippen LogP contribution is 2.23. The van der Waals surface area contributed by atoms with Crippen LogP contribution in [0.3, 0.4) is 0 Å². The van der Waals surface area contributed by atoms with Crippen molar-refractivity contribution in [2.75, 3.05) is 13.2 Å². The van der Waals surface area contributed by atoms with Crippen LogP contribution in [0, 0.1) is 0 Å². The second-order valence-electron chi connectivity index (χ2n) is 12.8. The first-order chi connectivity index (χ1) is 25.5. The standard InChI is InChI=1S/C41H46Cl2N4O6/c1-3-8-27(9-4-2)14-20-35-39(49)47-37(41(51)52)22-29-12-18-33(19-13-29)53-26-38(48)46-36(21-15-28-10-6-5-7-11-28)40(50)45-32(25-44-35)23-30-16-17-31(42)24-34(30)43/h3-13,16-19,24,32,35-37,44H,1,14-15,20-23,25-26H2,2H3,(H,45,50)(H,46,48)(H,47,49)(H,51,52)/b9-4-,27-8+/t32-,35+,36+,37-/m0/s1. The highest BCUT2D eigenvalue weighted by molar-refractivity contribution is 6.35. The lowest BCUT2D eigenvalue weighted by molar-refractivity contribution is -0.142. The summed E-state index contributed by atoms with van der Waals surface area (Å²) in [4.78, 5) is 53.5. The highest BCUT2D eigenvalue weighted by atomic mass is 35.5. The summed E-state index contributed by atoms with van der Waals surface area (Å²) in [6.07, 6.45) is 9.23. The Balaban J connectivity index is 1.69. The third kappa shape index (κ3) is 13.5. The number of rotatable bonds is 11. The predicted octanol–water partition coefficient (Wildman–Crippen LogP) is 5.77. The molecule has 2 aliphatic rings. The lowest BCUT2D eigenvalue weighted by Crippen LogP contribution is -2.56. The Kier molecular flexibility index (Phi) is 16.2. The molecule has 5 N–H and O–H groups in total. The van der Waals surface area contributed by atoms with Crippen LogP contribution in [-0.4, -0.2) is 66.1 Å². The summed E-state index contributed by atoms with van der Waals surface area (Å²) in [5.41, 5.74) is 3.29. The third-order valence-electron chi connectivity index (χ3n) is 8.75. The fraction of sp³-hybridized carbons (Fsp3) is 0.317. The van der Waals surface area contributed by atoms with Crippen LogP contribution in [0.1, 0.15) is 42.9 Å². The van der Waals surface area contributed by atoms with E-state index in [1.165, 1.54) is 0 Å². The first kappa shape index (κ1) is 40.9. The number of hydrogen-bond donors (Lipinski definition) is 5. The number of amides is 3. The van der Waals surface area contributed by atoms with Crippen molar-refractivity contribution in [1.29, 1.82) is 0 Å². The minimum atomic E-state index is -1.22. The Hall–Kier alpha value is -4.90. The number of halogens is 2. The van der Waals surface area contributed by atoms with Crippen LogP contribution in [0.2, 0.25) is 10.0 Å². The molecule has 4 atom stereocenters. The average Bonchev–Trinajstić information content (AvgIpc) is 3.13. The van der Waals surface area contributed by atoms with Crippen molar-refractivity contribution in [3.05, 3.63) is 136 Å². The van der Waals surface area contributed by atoms with Crippen LogP contribution < -0.4 is 26.0 Å². The molecule has 0 radical (unpaired) electrons. The molecule has 0 unspecified atom stereocenters. The Labute approximate surface area is 320 Å². The number of nitrogens with one attached hydrogen (secondary N) is 4. The van der Waals surface area contributed by atoms with E-state index in [-0.39, 0.29) is 26.0 Å². The molecule has 2 heterocycles. The van der Waals surface area contributed by atoms with E-state index >= 15 is 0 Å². The average molecular weight is 762 g/mol. The molecule has 5 rings (SSSR count). The van der Waals surface area contributed by atoms with Gasteiger partial charge in [0.1, 0.15) is 17.8 Å². The molecule has 2 aliphatic heterocycles. The van der Waals surface area contributed by atoms with Gasteiger partial charge in [-0.1, -0.05) is 103 Å². The minimum Gasteiger partial charge on any atom is -0.484 e. The number of ether oxygens (including phenoxy) is 1. The van der Waals surface area contributed by atoms with E-state index in [0.717, 1.165) is 11.1 Å². The second kappa shape index (κ2) is 21.0. The maximum absolute atomic E-state index is 14.1. The predicted molar refractivity (Wildman–Crippen MR) is 208 cm³/mol. The van der Waals surface area contributed by atoms with Gasteiger partial charge >= 0.3 is 5.97 Å². The molecule has 2 bridgehead atoms. The molecule has 3 aromatic carbocycles. The smallest absolute Gasteiger partial charge is 0.326 e. The lowest BCUT2D eigenvalue weighted by Gasteiger charge is -2.27. The molecular formula is C41H46Cl2N4O6. The molecule has 280 valence electrons. The van der Waals surface area contributed by atoms with Crippen molar-refractivity contribution in [2.45, 2.75) is 69.6 Å². The summed E-state index contributed by atoms with van der Waals surface area (Å²) in [5.74, 6) is -2.22. The Bertz CT molecular complexity index is 1780. The van der Waals surface area contributed by atoms with Crippen molar-refractivity contribution in [2.24, 2.45) is 0 Å². The minimum absolute atomic E-state index is 0.0194. The van der Waals surface area contributed by atoms with Crippen LogP contribution >= 0.6 is 23.2 Å². The summed E-state index contributed by atoms with van der Waals surface area (Å²) in [5, 5.41) is 22.9. The first-order valence-corrected chi connectivity index (χ1v) is 18.3. The molecule has 0 aromatic heterocycles. The molecule has 10 nitrogen and oxygen atoms in total. The molecule has 0 saturated heterocycles. The Morgan fingerprint density at radius 3 is 2.36 bits per heavy atom. The van der Waals surface area contributed by atoms with E-state index in [2.05, 4.69) is 27.8 Å². The number of hydrogen-bond acceptors (Lipinski definition) is 6. The normalized spacial score (nSPS) is 20.7. The van der Waals surface area contributed by atoms with Gasteiger partial charge in [-0.3, -0.25) is 14.4 Å². The number of carboxylic acids is 1. The van der Waals surface area contributed by atoms with Crippen LogP contribution in [0.25, 0.3) is 0 Å². The molecule has 3 amide bonds. The third-order valence-corrected chi connectivity index (χ3v) is 9.34. The number of carboxylic acid groups (broad SMARTS) is 1. The van der Waals surface area contributed by atoms with Gasteiger partial charge in [0.2, 0.25) is 11.8 Å². The zero-order valence-electron chi connectivity index (χ0n) is 29.7. The van der Waals surface area contributed by atoms with E-state index in [4.69, 9.17) is 27.9 Å². The van der Waals surface area contributed by atoms with Gasteiger partial charge in [0.15, 0.2) is 6.61 Å². The second-order valence-corrected chi connectivity index (χ2v) is 13.6. The summed E-state index contributed by atoms with van der Waals surface area (Å²) in [6, 6.07) is 17.8. The van der Waals surface area contributed by atoms with Crippen molar-refractivity contribution in [3.8, 4) is 5.75 Å². The Morgan fingerprint density at radius 2 is 1.68 bits per heavy atom. The summed E-state index contributed by atoms with van der Waals surface area (Å²) >= 11 is 12.7. The van der Waals surface area contributed by atoms with Crippen molar-refractivity contribution >= 4 is 46.9 Å². The van der Waals surface area contributed by atoms with Gasteiger partial charge in [0.25, 0.3) is 5.91 Å². The van der Waals surface area contributed by atoms with Crippen molar-refractivity contribution in [1.82, 2.24) is 21.3 Å². The van der Waals surface area contributed by atoms with Gasteiger partial charge in [-0.05, 0) is 85.6 Å². The highest BCUT2D eigenvalue weighted by Gasteiger charge is 2.29. The topological polar surface area (TPSA) is 146 Å². The zero-order valence-corrected chi connectivity index (χ0v) is 31.2. The summed E-state index contributed by atoms with van der Waals surface area (Å²) in [7, 11) is 0. The monoisotopic (exact) mass is 760 g/mol. The van der Waals surface area contributed by atoms with Gasteiger partial charge in [-0.15, -0.1) is 0 Å². The number of aliphatic carboxylic acids is 1. The quantitative estimate of drug-likeness (QED) is 0.123. The number of benzene rings is 3. The zero-order chi connectivity index (χ0) is 38.2. The molecular weight excluding hydrogens is 715 g/mol. The maximum atomic E-state index is 14.1. The van der Waals surface area contributed by atoms with Crippen LogP contribution in [0.15, 0.2) is 109 Å². The number of carbonyl (C=O) groups excluding carboxylic acids is 3. The number of fused-ring (bicyclic) bond motifs is 16. The number of allylic oxidation sites excluding steroid dienone is 5. The summed E-state index contributed by atoms with van der Waals surface area (Å²) in [6.45, 7) is 5.44. The van der Waals surface area contributed by atoms with Gasteiger partial charge in [0.05, 0.1) is 6.04 Å². The van der Waals surface area contributed by atoms with Gasteiger partial charge in [-0.25, -0.2) is 4.79 Å². The molecule has 0 spiro atoms. The van der Waals surface area contributed by atoms with E-state index in [0.29, 0.717) is 52.6 Å². The molecule has 53 heavy (non-hydrogen) atoms. The van der Waals surface area contributed by atoms with Crippen molar-refractivity contribution in [3.63, 3.8) is 0 Å². The fourth-order valence-corrected chi connectivity index (χ4v) is 6.46. The molecule has 3 aromatic rings.